The van der Waals surface area contributed by atoms with Crippen LogP contribution in [0.3, 0.4) is 0 Å². The number of methoxy groups -OCH3 is 2. The molecule has 0 aliphatic heterocycles. The van der Waals surface area contributed by atoms with E-state index in [-0.39, 0.29) is 5.91 Å². The number of aryl methyl sites for hydroxylation is 1. The number of rotatable bonds is 8. The zero-order valence-corrected chi connectivity index (χ0v) is 16.7. The highest BCUT2D eigenvalue weighted by Crippen LogP contribution is 2.25. The van der Waals surface area contributed by atoms with Gasteiger partial charge in [-0.1, -0.05) is 18.2 Å². The molecular formula is C22H24N4O3. The van der Waals surface area contributed by atoms with Crippen molar-refractivity contribution < 1.29 is 14.3 Å². The highest BCUT2D eigenvalue weighted by atomic mass is 16.5. The van der Waals surface area contributed by atoms with E-state index in [1.165, 1.54) is 12.4 Å². The molecular weight excluding hydrogens is 368 g/mol. The van der Waals surface area contributed by atoms with E-state index >= 15 is 0 Å². The van der Waals surface area contributed by atoms with Gasteiger partial charge in [-0.2, -0.15) is 0 Å². The molecule has 29 heavy (non-hydrogen) atoms. The van der Waals surface area contributed by atoms with Gasteiger partial charge in [0.1, 0.15) is 11.5 Å². The standard InChI is InChI=1S/C22H24N4O3/c1-15-7-8-20(29-3)19(11-15)26-21(27)17-13-24-22(25-14-17)23-10-9-16-5-4-6-18(12-16)28-2/h4-8,11-14H,9-10H2,1-3H3,(H,26,27)(H,23,24,25). The van der Waals surface area contributed by atoms with Crippen LogP contribution in [0.5, 0.6) is 11.5 Å². The van der Waals surface area contributed by atoms with Crippen LogP contribution in [0.2, 0.25) is 0 Å². The maximum absolute atomic E-state index is 12.5. The molecule has 0 saturated heterocycles. The summed E-state index contributed by atoms with van der Waals surface area (Å²) in [5, 5.41) is 5.99. The van der Waals surface area contributed by atoms with Gasteiger partial charge in [-0.15, -0.1) is 0 Å². The Balaban J connectivity index is 1.57. The predicted octanol–water partition coefficient (Wildman–Crippen LogP) is 3.71. The first-order valence-corrected chi connectivity index (χ1v) is 9.24. The summed E-state index contributed by atoms with van der Waals surface area (Å²) in [6.45, 7) is 2.61. The normalized spacial score (nSPS) is 10.3. The van der Waals surface area contributed by atoms with E-state index in [2.05, 4.69) is 20.6 Å². The fourth-order valence-electron chi connectivity index (χ4n) is 2.80. The second kappa shape index (κ2) is 9.54. The third-order valence-electron chi connectivity index (χ3n) is 4.35. The third kappa shape index (κ3) is 5.44. The van der Waals surface area contributed by atoms with Crippen LogP contribution in [-0.2, 0) is 6.42 Å². The fraction of sp³-hybridized carbons (Fsp3) is 0.227. The van der Waals surface area contributed by atoms with Gasteiger partial charge in [-0.05, 0) is 48.7 Å². The molecule has 0 saturated carbocycles. The van der Waals surface area contributed by atoms with Crippen molar-refractivity contribution in [3.05, 3.63) is 71.5 Å². The monoisotopic (exact) mass is 392 g/mol. The first kappa shape index (κ1) is 20.1. The Morgan fingerprint density at radius 3 is 2.55 bits per heavy atom. The highest BCUT2D eigenvalue weighted by Gasteiger charge is 2.11. The summed E-state index contributed by atoms with van der Waals surface area (Å²) in [5.74, 6) is 1.61. The molecule has 0 bridgehead atoms. The second-order valence-electron chi connectivity index (χ2n) is 6.48. The van der Waals surface area contributed by atoms with E-state index in [9.17, 15) is 4.79 Å². The molecule has 0 unspecified atom stereocenters. The Morgan fingerprint density at radius 1 is 1.03 bits per heavy atom. The van der Waals surface area contributed by atoms with E-state index in [4.69, 9.17) is 9.47 Å². The third-order valence-corrected chi connectivity index (χ3v) is 4.35. The number of hydrogen-bond donors (Lipinski definition) is 2. The van der Waals surface area contributed by atoms with Crippen LogP contribution in [0.15, 0.2) is 54.9 Å². The Bertz CT molecular complexity index is 974. The van der Waals surface area contributed by atoms with Crippen molar-refractivity contribution in [1.29, 1.82) is 0 Å². The molecule has 0 atom stereocenters. The molecule has 0 aliphatic rings. The lowest BCUT2D eigenvalue weighted by Crippen LogP contribution is -2.14. The van der Waals surface area contributed by atoms with Crippen LogP contribution in [0.25, 0.3) is 0 Å². The van der Waals surface area contributed by atoms with E-state index < -0.39 is 0 Å². The minimum Gasteiger partial charge on any atom is -0.497 e. The molecule has 3 rings (SSSR count). The number of nitrogens with zero attached hydrogens (tertiary/aromatic N) is 2. The molecule has 3 aromatic rings. The zero-order chi connectivity index (χ0) is 20.6. The number of hydrogen-bond acceptors (Lipinski definition) is 6. The minimum absolute atomic E-state index is 0.295. The van der Waals surface area contributed by atoms with Crippen molar-refractivity contribution in [2.45, 2.75) is 13.3 Å². The molecule has 1 amide bonds. The average Bonchev–Trinajstić information content (AvgIpc) is 2.74. The fourth-order valence-corrected chi connectivity index (χ4v) is 2.80. The van der Waals surface area contributed by atoms with Gasteiger partial charge in [-0.25, -0.2) is 9.97 Å². The van der Waals surface area contributed by atoms with E-state index in [1.54, 1.807) is 14.2 Å². The summed E-state index contributed by atoms with van der Waals surface area (Å²) >= 11 is 0. The van der Waals surface area contributed by atoms with E-state index in [0.29, 0.717) is 29.5 Å². The SMILES string of the molecule is COc1cccc(CCNc2ncc(C(=O)Nc3cc(C)ccc3OC)cn2)c1. The van der Waals surface area contributed by atoms with Gasteiger partial charge in [0.15, 0.2) is 0 Å². The zero-order valence-electron chi connectivity index (χ0n) is 16.7. The summed E-state index contributed by atoms with van der Waals surface area (Å²) in [6.07, 6.45) is 3.80. The van der Waals surface area contributed by atoms with Gasteiger partial charge in [0, 0.05) is 18.9 Å². The minimum atomic E-state index is -0.295. The lowest BCUT2D eigenvalue weighted by molar-refractivity contribution is 0.102. The number of nitrogens with one attached hydrogen (secondary N) is 2. The van der Waals surface area contributed by atoms with Crippen LogP contribution in [0, 0.1) is 6.92 Å². The number of aromatic nitrogens is 2. The van der Waals surface area contributed by atoms with Crippen molar-refractivity contribution in [3.63, 3.8) is 0 Å². The molecule has 2 N–H and O–H groups in total. The molecule has 0 aliphatic carbocycles. The van der Waals surface area contributed by atoms with Gasteiger partial charge in [-0.3, -0.25) is 4.79 Å². The van der Waals surface area contributed by atoms with E-state index in [0.717, 1.165) is 23.3 Å². The van der Waals surface area contributed by atoms with Gasteiger partial charge in [0.2, 0.25) is 5.95 Å². The van der Waals surface area contributed by atoms with Crippen molar-refractivity contribution in [1.82, 2.24) is 9.97 Å². The van der Waals surface area contributed by atoms with Crippen LogP contribution in [0.1, 0.15) is 21.5 Å². The van der Waals surface area contributed by atoms with Crippen LogP contribution in [0.4, 0.5) is 11.6 Å². The van der Waals surface area contributed by atoms with Crippen molar-refractivity contribution in [3.8, 4) is 11.5 Å². The Morgan fingerprint density at radius 2 is 1.83 bits per heavy atom. The largest absolute Gasteiger partial charge is 0.497 e. The first-order chi connectivity index (χ1) is 14.1. The van der Waals surface area contributed by atoms with Gasteiger partial charge in [0.25, 0.3) is 5.91 Å². The summed E-state index contributed by atoms with van der Waals surface area (Å²) in [5.41, 5.74) is 3.15. The number of anilines is 2. The number of carbonyl (C=O) groups is 1. The van der Waals surface area contributed by atoms with E-state index in [1.807, 2.05) is 49.4 Å². The number of amides is 1. The molecule has 1 aromatic heterocycles. The highest BCUT2D eigenvalue weighted by molar-refractivity contribution is 6.04. The molecule has 7 nitrogen and oxygen atoms in total. The van der Waals surface area contributed by atoms with Crippen molar-refractivity contribution in [2.24, 2.45) is 0 Å². The second-order valence-corrected chi connectivity index (χ2v) is 6.48. The first-order valence-electron chi connectivity index (χ1n) is 9.24. The summed E-state index contributed by atoms with van der Waals surface area (Å²) in [6, 6.07) is 13.5. The number of ether oxygens (including phenoxy) is 2. The van der Waals surface area contributed by atoms with Crippen LogP contribution < -0.4 is 20.1 Å². The molecule has 7 heteroatoms. The molecule has 2 aromatic carbocycles. The quantitative estimate of drug-likeness (QED) is 0.608. The summed E-state index contributed by atoms with van der Waals surface area (Å²) in [4.78, 5) is 20.9. The van der Waals surface area contributed by atoms with Gasteiger partial charge < -0.3 is 20.1 Å². The van der Waals surface area contributed by atoms with Crippen LogP contribution in [-0.4, -0.2) is 36.6 Å². The smallest absolute Gasteiger partial charge is 0.258 e. The molecule has 1 heterocycles. The maximum Gasteiger partial charge on any atom is 0.258 e. The lowest BCUT2D eigenvalue weighted by atomic mass is 10.1. The molecule has 150 valence electrons. The number of carbonyl (C=O) groups excluding carboxylic acids is 1. The number of benzene rings is 2. The molecule has 0 fully saturated rings. The predicted molar refractivity (Wildman–Crippen MR) is 113 cm³/mol. The van der Waals surface area contributed by atoms with Gasteiger partial charge in [0.05, 0.1) is 25.5 Å². The summed E-state index contributed by atoms with van der Waals surface area (Å²) in [7, 11) is 3.22. The van der Waals surface area contributed by atoms with Gasteiger partial charge >= 0.3 is 0 Å². The summed E-state index contributed by atoms with van der Waals surface area (Å²) < 4.78 is 10.5. The Hall–Kier alpha value is -3.61. The topological polar surface area (TPSA) is 85.4 Å². The lowest BCUT2D eigenvalue weighted by Gasteiger charge is -2.11. The maximum atomic E-state index is 12.5. The Kier molecular flexibility index (Phi) is 6.63. The average molecular weight is 392 g/mol. The Labute approximate surface area is 170 Å². The van der Waals surface area contributed by atoms with Crippen LogP contribution >= 0.6 is 0 Å². The van der Waals surface area contributed by atoms with Crippen molar-refractivity contribution >= 4 is 17.5 Å². The van der Waals surface area contributed by atoms with Crippen molar-refractivity contribution in [2.75, 3.05) is 31.4 Å². The molecule has 0 spiro atoms. The molecule has 0 radical (unpaired) electrons.